The SMILES string of the molecule is O=C1C=C(CO[P+](=O)OCC2=CC(=O)OC2)CO1. The Morgan fingerprint density at radius 3 is 1.78 bits per heavy atom. The molecule has 18 heavy (non-hydrogen) atoms. The highest BCUT2D eigenvalue weighted by molar-refractivity contribution is 7.33. The molecule has 7 nitrogen and oxygen atoms in total. The molecular weight excluding hydrogens is 263 g/mol. The minimum atomic E-state index is -2.31. The van der Waals surface area contributed by atoms with Gasteiger partial charge in [-0.15, -0.1) is 9.05 Å². The van der Waals surface area contributed by atoms with Gasteiger partial charge < -0.3 is 9.47 Å². The molecule has 2 heterocycles. The first kappa shape index (κ1) is 12.9. The Bertz CT molecular complexity index is 411. The van der Waals surface area contributed by atoms with E-state index in [1.165, 1.54) is 12.2 Å². The molecule has 0 aromatic rings. The normalized spacial score (nSPS) is 18.2. The number of esters is 2. The van der Waals surface area contributed by atoms with E-state index in [0.29, 0.717) is 11.1 Å². The molecule has 0 fully saturated rings. The van der Waals surface area contributed by atoms with Gasteiger partial charge in [0.15, 0.2) is 0 Å². The number of carbonyl (C=O) groups excluding carboxylic acids is 2. The minimum absolute atomic E-state index is 0.00935. The van der Waals surface area contributed by atoms with E-state index in [2.05, 4.69) is 9.47 Å². The molecule has 8 heteroatoms. The lowest BCUT2D eigenvalue weighted by Gasteiger charge is -1.94. The van der Waals surface area contributed by atoms with Gasteiger partial charge in [0.1, 0.15) is 26.4 Å². The van der Waals surface area contributed by atoms with Crippen molar-refractivity contribution in [3.8, 4) is 0 Å². The molecule has 0 atom stereocenters. The van der Waals surface area contributed by atoms with Crippen molar-refractivity contribution in [2.24, 2.45) is 0 Å². The Morgan fingerprint density at radius 2 is 1.44 bits per heavy atom. The van der Waals surface area contributed by atoms with Crippen LogP contribution < -0.4 is 0 Å². The van der Waals surface area contributed by atoms with Gasteiger partial charge in [-0.05, 0) is 0 Å². The molecule has 0 saturated carbocycles. The summed E-state index contributed by atoms with van der Waals surface area (Å²) in [7, 11) is -2.31. The molecule has 2 rings (SSSR count). The molecule has 0 aliphatic carbocycles. The van der Waals surface area contributed by atoms with E-state index < -0.39 is 20.2 Å². The van der Waals surface area contributed by atoms with E-state index >= 15 is 0 Å². The van der Waals surface area contributed by atoms with Gasteiger partial charge in [0, 0.05) is 27.9 Å². The third kappa shape index (κ3) is 3.73. The fraction of sp³-hybridized carbons (Fsp3) is 0.400. The molecule has 0 saturated heterocycles. The zero-order chi connectivity index (χ0) is 13.0. The Kier molecular flexibility index (Phi) is 4.19. The summed E-state index contributed by atoms with van der Waals surface area (Å²) >= 11 is 0. The number of hydrogen-bond acceptors (Lipinski definition) is 7. The predicted molar refractivity (Wildman–Crippen MR) is 57.6 cm³/mol. The fourth-order valence-corrected chi connectivity index (χ4v) is 1.92. The Labute approximate surface area is 103 Å². The van der Waals surface area contributed by atoms with Gasteiger partial charge in [-0.25, -0.2) is 9.59 Å². The standard InChI is InChI=1S/C10H10O7P/c11-9-1-7(3-14-9)5-16-18(13)17-6-8-2-10(12)15-4-8/h1-2H,3-6H2/q+1. The highest BCUT2D eigenvalue weighted by Crippen LogP contribution is 2.26. The summed E-state index contributed by atoms with van der Waals surface area (Å²) in [6, 6.07) is 0. The van der Waals surface area contributed by atoms with E-state index in [1.54, 1.807) is 0 Å². The minimum Gasteiger partial charge on any atom is -0.458 e. The van der Waals surface area contributed by atoms with Crippen molar-refractivity contribution in [1.82, 2.24) is 0 Å². The van der Waals surface area contributed by atoms with Crippen LogP contribution in [0.4, 0.5) is 0 Å². The molecule has 0 aromatic heterocycles. The summed E-state index contributed by atoms with van der Waals surface area (Å²) in [4.78, 5) is 21.4. The molecule has 2 aliphatic heterocycles. The van der Waals surface area contributed by atoms with Crippen LogP contribution in [0.5, 0.6) is 0 Å². The van der Waals surface area contributed by atoms with Crippen LogP contribution in [0.1, 0.15) is 0 Å². The average molecular weight is 273 g/mol. The van der Waals surface area contributed by atoms with Crippen LogP contribution >= 0.6 is 8.25 Å². The molecule has 96 valence electrons. The highest BCUT2D eigenvalue weighted by atomic mass is 31.1. The summed E-state index contributed by atoms with van der Waals surface area (Å²) in [5.41, 5.74) is 1.20. The van der Waals surface area contributed by atoms with Crippen LogP contribution in [0.15, 0.2) is 23.3 Å². The fourth-order valence-electron chi connectivity index (χ4n) is 1.30. The average Bonchev–Trinajstić information content (AvgIpc) is 2.93. The summed E-state index contributed by atoms with van der Waals surface area (Å²) in [6.45, 7) is 0.315. The van der Waals surface area contributed by atoms with Crippen molar-refractivity contribution >= 4 is 20.2 Å². The first-order chi connectivity index (χ1) is 8.63. The molecule has 0 unspecified atom stereocenters. The van der Waals surface area contributed by atoms with Crippen molar-refractivity contribution in [3.05, 3.63) is 23.3 Å². The van der Waals surface area contributed by atoms with Crippen LogP contribution in [0.3, 0.4) is 0 Å². The van der Waals surface area contributed by atoms with Gasteiger partial charge in [0.25, 0.3) is 0 Å². The lowest BCUT2D eigenvalue weighted by molar-refractivity contribution is -0.135. The first-order valence-electron chi connectivity index (χ1n) is 5.09. The number of cyclic esters (lactones) is 2. The van der Waals surface area contributed by atoms with E-state index in [4.69, 9.17) is 9.05 Å². The number of rotatable bonds is 6. The van der Waals surface area contributed by atoms with Gasteiger partial charge in [-0.3, -0.25) is 0 Å². The third-order valence-corrected chi connectivity index (χ3v) is 2.83. The van der Waals surface area contributed by atoms with Crippen molar-refractivity contribution < 1.29 is 32.7 Å². The third-order valence-electron chi connectivity index (χ3n) is 2.15. The van der Waals surface area contributed by atoms with E-state index in [9.17, 15) is 14.2 Å². The summed E-state index contributed by atoms with van der Waals surface area (Å²) < 4.78 is 30.4. The van der Waals surface area contributed by atoms with E-state index in [1.807, 2.05) is 0 Å². The van der Waals surface area contributed by atoms with Gasteiger partial charge in [-0.1, -0.05) is 0 Å². The second kappa shape index (κ2) is 5.86. The predicted octanol–water partition coefficient (Wildman–Crippen LogP) is 0.643. The largest absolute Gasteiger partial charge is 0.698 e. The van der Waals surface area contributed by atoms with E-state index in [-0.39, 0.29) is 26.4 Å². The first-order valence-corrected chi connectivity index (χ1v) is 6.18. The topological polar surface area (TPSA) is 88.1 Å². The van der Waals surface area contributed by atoms with Crippen LogP contribution in [0, 0.1) is 0 Å². The van der Waals surface area contributed by atoms with Crippen molar-refractivity contribution in [2.45, 2.75) is 0 Å². The van der Waals surface area contributed by atoms with Crippen LogP contribution in [0.2, 0.25) is 0 Å². The number of carbonyl (C=O) groups is 2. The maximum absolute atomic E-state index is 11.3. The quantitative estimate of drug-likeness (QED) is 0.518. The van der Waals surface area contributed by atoms with Gasteiger partial charge >= 0.3 is 20.2 Å². The number of hydrogen-bond donors (Lipinski definition) is 0. The van der Waals surface area contributed by atoms with Gasteiger partial charge in [-0.2, -0.15) is 0 Å². The number of ether oxygens (including phenoxy) is 2. The highest BCUT2D eigenvalue weighted by Gasteiger charge is 2.25. The Hall–Kier alpha value is -1.56. The summed E-state index contributed by atoms with van der Waals surface area (Å²) in [6.07, 6.45) is 2.57. The Morgan fingerprint density at radius 1 is 1.00 bits per heavy atom. The van der Waals surface area contributed by atoms with Crippen LogP contribution in [-0.4, -0.2) is 38.4 Å². The second-order valence-corrected chi connectivity index (χ2v) is 4.55. The van der Waals surface area contributed by atoms with Crippen LogP contribution in [0.25, 0.3) is 0 Å². The van der Waals surface area contributed by atoms with E-state index in [0.717, 1.165) is 0 Å². The zero-order valence-corrected chi connectivity index (χ0v) is 10.2. The molecular formula is C10H10O7P+. The van der Waals surface area contributed by atoms with Crippen molar-refractivity contribution in [2.75, 3.05) is 26.4 Å². The molecule has 0 spiro atoms. The molecule has 2 aliphatic rings. The maximum Gasteiger partial charge on any atom is 0.698 e. The molecule has 0 bridgehead atoms. The summed E-state index contributed by atoms with van der Waals surface area (Å²) in [5, 5.41) is 0. The summed E-state index contributed by atoms with van der Waals surface area (Å²) in [5.74, 6) is -0.868. The smallest absolute Gasteiger partial charge is 0.458 e. The van der Waals surface area contributed by atoms with Gasteiger partial charge in [0.2, 0.25) is 0 Å². The molecule has 0 amide bonds. The second-order valence-electron chi connectivity index (χ2n) is 3.59. The molecule has 0 aromatic carbocycles. The maximum atomic E-state index is 11.3. The van der Waals surface area contributed by atoms with Gasteiger partial charge in [0.05, 0.1) is 0 Å². The van der Waals surface area contributed by atoms with Crippen LogP contribution in [-0.2, 0) is 32.7 Å². The zero-order valence-electron chi connectivity index (χ0n) is 9.29. The molecule has 0 radical (unpaired) electrons. The Balaban J connectivity index is 1.66. The lowest BCUT2D eigenvalue weighted by Crippen LogP contribution is -1.99. The van der Waals surface area contributed by atoms with Crippen molar-refractivity contribution in [1.29, 1.82) is 0 Å². The van der Waals surface area contributed by atoms with Crippen molar-refractivity contribution in [3.63, 3.8) is 0 Å². The monoisotopic (exact) mass is 273 g/mol. The molecule has 0 N–H and O–H groups in total. The lowest BCUT2D eigenvalue weighted by atomic mass is 10.3.